The third kappa shape index (κ3) is 3.35. The first-order valence-corrected chi connectivity index (χ1v) is 7.08. The molecule has 106 valence electrons. The van der Waals surface area contributed by atoms with Crippen LogP contribution >= 0.6 is 0 Å². The Morgan fingerprint density at radius 2 is 2.05 bits per heavy atom. The standard InChI is InChI=1S/C16H26N2O/c1-12-5-6-14(9-13(12)2)15(10-17)18-7-8-19-16(3,4)11-18/h5-6,9,15H,7-8,10-11,17H2,1-4H3. The topological polar surface area (TPSA) is 38.5 Å². The van der Waals surface area contributed by atoms with Gasteiger partial charge in [-0.25, -0.2) is 0 Å². The minimum Gasteiger partial charge on any atom is -0.373 e. The minimum absolute atomic E-state index is 0.0780. The molecule has 1 saturated heterocycles. The largest absolute Gasteiger partial charge is 0.373 e. The molecular formula is C16H26N2O. The van der Waals surface area contributed by atoms with E-state index in [0.29, 0.717) is 12.6 Å². The molecule has 0 bridgehead atoms. The van der Waals surface area contributed by atoms with Crippen LogP contribution in [0.5, 0.6) is 0 Å². The number of hydrogen-bond acceptors (Lipinski definition) is 3. The number of nitrogens with two attached hydrogens (primary N) is 1. The summed E-state index contributed by atoms with van der Waals surface area (Å²) in [5.74, 6) is 0. The maximum absolute atomic E-state index is 6.03. The van der Waals surface area contributed by atoms with Gasteiger partial charge in [-0.3, -0.25) is 4.90 Å². The number of rotatable bonds is 3. The fourth-order valence-corrected chi connectivity index (χ4v) is 2.79. The monoisotopic (exact) mass is 262 g/mol. The average molecular weight is 262 g/mol. The summed E-state index contributed by atoms with van der Waals surface area (Å²) in [7, 11) is 0. The summed E-state index contributed by atoms with van der Waals surface area (Å²) < 4.78 is 5.79. The predicted molar refractivity (Wildman–Crippen MR) is 79.3 cm³/mol. The number of morpholine rings is 1. The van der Waals surface area contributed by atoms with Crippen LogP contribution in [0.4, 0.5) is 0 Å². The number of nitrogens with zero attached hydrogens (tertiary/aromatic N) is 1. The third-order valence-corrected chi connectivity index (χ3v) is 4.03. The van der Waals surface area contributed by atoms with Crippen LogP contribution < -0.4 is 5.73 Å². The highest BCUT2D eigenvalue weighted by Crippen LogP contribution is 2.27. The van der Waals surface area contributed by atoms with Gasteiger partial charge in [-0.15, -0.1) is 0 Å². The Kier molecular flexibility index (Phi) is 4.29. The van der Waals surface area contributed by atoms with Crippen molar-refractivity contribution in [3.63, 3.8) is 0 Å². The Labute approximate surface area is 116 Å². The van der Waals surface area contributed by atoms with Gasteiger partial charge in [0, 0.05) is 25.7 Å². The van der Waals surface area contributed by atoms with Gasteiger partial charge < -0.3 is 10.5 Å². The van der Waals surface area contributed by atoms with Crippen molar-refractivity contribution in [2.45, 2.75) is 39.3 Å². The first-order chi connectivity index (χ1) is 8.93. The number of benzene rings is 1. The van der Waals surface area contributed by atoms with Crippen molar-refractivity contribution < 1.29 is 4.74 Å². The fourth-order valence-electron chi connectivity index (χ4n) is 2.79. The molecule has 1 aliphatic heterocycles. The van der Waals surface area contributed by atoms with Crippen molar-refractivity contribution in [1.82, 2.24) is 4.90 Å². The molecule has 1 aromatic carbocycles. The van der Waals surface area contributed by atoms with Gasteiger partial charge in [0.1, 0.15) is 0 Å². The van der Waals surface area contributed by atoms with E-state index in [9.17, 15) is 0 Å². The van der Waals surface area contributed by atoms with Gasteiger partial charge in [0.05, 0.1) is 12.2 Å². The lowest BCUT2D eigenvalue weighted by molar-refractivity contribution is -0.0967. The lowest BCUT2D eigenvalue weighted by atomic mass is 9.97. The molecule has 19 heavy (non-hydrogen) atoms. The van der Waals surface area contributed by atoms with Crippen LogP contribution in [0.15, 0.2) is 18.2 Å². The van der Waals surface area contributed by atoms with Crippen molar-refractivity contribution in [3.05, 3.63) is 34.9 Å². The van der Waals surface area contributed by atoms with Crippen LogP contribution in [0.3, 0.4) is 0 Å². The Hall–Kier alpha value is -0.900. The normalized spacial score (nSPS) is 21.3. The Morgan fingerprint density at radius 3 is 2.63 bits per heavy atom. The second-order valence-electron chi connectivity index (χ2n) is 6.17. The molecule has 1 heterocycles. The maximum atomic E-state index is 6.03. The molecule has 1 aliphatic rings. The van der Waals surface area contributed by atoms with Gasteiger partial charge >= 0.3 is 0 Å². The highest BCUT2D eigenvalue weighted by atomic mass is 16.5. The van der Waals surface area contributed by atoms with E-state index in [1.54, 1.807) is 0 Å². The van der Waals surface area contributed by atoms with E-state index in [1.165, 1.54) is 16.7 Å². The van der Waals surface area contributed by atoms with Crippen LogP contribution in [0.2, 0.25) is 0 Å². The summed E-state index contributed by atoms with van der Waals surface area (Å²) in [6.45, 7) is 11.9. The molecule has 0 aromatic heterocycles. The smallest absolute Gasteiger partial charge is 0.0753 e. The summed E-state index contributed by atoms with van der Waals surface area (Å²) >= 11 is 0. The molecule has 1 aromatic rings. The summed E-state index contributed by atoms with van der Waals surface area (Å²) in [4.78, 5) is 2.45. The van der Waals surface area contributed by atoms with E-state index in [4.69, 9.17) is 10.5 Å². The lowest BCUT2D eigenvalue weighted by Crippen LogP contribution is -2.50. The van der Waals surface area contributed by atoms with Gasteiger partial charge in [0.15, 0.2) is 0 Å². The van der Waals surface area contributed by atoms with Crippen molar-refractivity contribution in [1.29, 1.82) is 0 Å². The van der Waals surface area contributed by atoms with Gasteiger partial charge in [0.2, 0.25) is 0 Å². The minimum atomic E-state index is -0.0780. The van der Waals surface area contributed by atoms with Crippen molar-refractivity contribution in [3.8, 4) is 0 Å². The SMILES string of the molecule is Cc1ccc(C(CN)N2CCOC(C)(C)C2)cc1C. The summed E-state index contributed by atoms with van der Waals surface area (Å²) in [6.07, 6.45) is 0. The summed E-state index contributed by atoms with van der Waals surface area (Å²) in [5, 5.41) is 0. The Balaban J connectivity index is 2.21. The first kappa shape index (κ1) is 14.5. The highest BCUT2D eigenvalue weighted by molar-refractivity contribution is 5.32. The van der Waals surface area contributed by atoms with Crippen molar-refractivity contribution in [2.24, 2.45) is 5.73 Å². The third-order valence-electron chi connectivity index (χ3n) is 4.03. The van der Waals surface area contributed by atoms with Gasteiger partial charge in [0.25, 0.3) is 0 Å². The molecule has 1 fully saturated rings. The molecule has 0 saturated carbocycles. The van der Waals surface area contributed by atoms with E-state index in [0.717, 1.165) is 19.7 Å². The Morgan fingerprint density at radius 1 is 1.32 bits per heavy atom. The zero-order valence-corrected chi connectivity index (χ0v) is 12.6. The molecule has 0 amide bonds. The summed E-state index contributed by atoms with van der Waals surface area (Å²) in [5.41, 5.74) is 9.95. The van der Waals surface area contributed by atoms with Gasteiger partial charge in [-0.2, -0.15) is 0 Å². The fraction of sp³-hybridized carbons (Fsp3) is 0.625. The van der Waals surface area contributed by atoms with Crippen LogP contribution in [0.25, 0.3) is 0 Å². The zero-order valence-electron chi connectivity index (χ0n) is 12.6. The van der Waals surface area contributed by atoms with Gasteiger partial charge in [-0.05, 0) is 44.4 Å². The molecule has 0 radical (unpaired) electrons. The van der Waals surface area contributed by atoms with Crippen molar-refractivity contribution >= 4 is 0 Å². The van der Waals surface area contributed by atoms with Crippen molar-refractivity contribution in [2.75, 3.05) is 26.2 Å². The quantitative estimate of drug-likeness (QED) is 0.909. The van der Waals surface area contributed by atoms with Crippen LogP contribution in [-0.2, 0) is 4.74 Å². The van der Waals surface area contributed by atoms with E-state index in [2.05, 4.69) is 50.8 Å². The van der Waals surface area contributed by atoms with E-state index >= 15 is 0 Å². The van der Waals surface area contributed by atoms with E-state index in [-0.39, 0.29) is 5.60 Å². The predicted octanol–water partition coefficient (Wildman–Crippen LogP) is 2.41. The van der Waals surface area contributed by atoms with Gasteiger partial charge in [-0.1, -0.05) is 18.2 Å². The lowest BCUT2D eigenvalue weighted by Gasteiger charge is -2.42. The van der Waals surface area contributed by atoms with E-state index in [1.807, 2.05) is 0 Å². The molecule has 3 heteroatoms. The van der Waals surface area contributed by atoms with E-state index < -0.39 is 0 Å². The first-order valence-electron chi connectivity index (χ1n) is 7.08. The Bertz CT molecular complexity index is 442. The van der Waals surface area contributed by atoms with Crippen LogP contribution in [0.1, 0.15) is 36.6 Å². The highest BCUT2D eigenvalue weighted by Gasteiger charge is 2.31. The molecular weight excluding hydrogens is 236 g/mol. The zero-order chi connectivity index (χ0) is 14.0. The molecule has 0 aliphatic carbocycles. The maximum Gasteiger partial charge on any atom is 0.0753 e. The molecule has 0 spiro atoms. The second kappa shape index (κ2) is 5.61. The molecule has 1 atom stereocenters. The summed E-state index contributed by atoms with van der Waals surface area (Å²) in [6, 6.07) is 6.97. The van der Waals surface area contributed by atoms with Crippen LogP contribution in [-0.4, -0.2) is 36.7 Å². The number of hydrogen-bond donors (Lipinski definition) is 1. The average Bonchev–Trinajstić information content (AvgIpc) is 2.33. The number of aryl methyl sites for hydroxylation is 2. The molecule has 2 N–H and O–H groups in total. The second-order valence-corrected chi connectivity index (χ2v) is 6.17. The van der Waals surface area contributed by atoms with Crippen LogP contribution in [0, 0.1) is 13.8 Å². The molecule has 2 rings (SSSR count). The number of ether oxygens (including phenoxy) is 1. The molecule has 3 nitrogen and oxygen atoms in total. The molecule has 1 unspecified atom stereocenters.